The van der Waals surface area contributed by atoms with Crippen molar-refractivity contribution in [1.29, 1.82) is 0 Å². The van der Waals surface area contributed by atoms with Crippen LogP contribution in [0.3, 0.4) is 0 Å². The molecule has 2 unspecified atom stereocenters. The number of carbonyl (C=O) groups excluding carboxylic acids is 1. The Kier molecular flexibility index (Phi) is 3.96. The van der Waals surface area contributed by atoms with Crippen molar-refractivity contribution >= 4 is 15.7 Å². The van der Waals surface area contributed by atoms with Crippen LogP contribution in [0.2, 0.25) is 0 Å². The lowest BCUT2D eigenvalue weighted by Gasteiger charge is -2.30. The molecule has 2 aliphatic rings. The molecule has 1 aliphatic carbocycles. The van der Waals surface area contributed by atoms with Gasteiger partial charge in [0.15, 0.2) is 0 Å². The van der Waals surface area contributed by atoms with E-state index in [1.165, 1.54) is 6.26 Å². The molecule has 1 saturated heterocycles. The molecule has 0 aromatic heterocycles. The highest BCUT2D eigenvalue weighted by Gasteiger charge is 2.40. The molecule has 2 fully saturated rings. The summed E-state index contributed by atoms with van der Waals surface area (Å²) in [5.74, 6) is 0.00764. The van der Waals surface area contributed by atoms with Gasteiger partial charge in [-0.05, 0) is 32.6 Å². The van der Waals surface area contributed by atoms with Crippen molar-refractivity contribution in [3.8, 4) is 0 Å². The van der Waals surface area contributed by atoms with E-state index in [2.05, 4.69) is 0 Å². The second-order valence-electron chi connectivity index (χ2n) is 5.42. The molecule has 1 aliphatic heterocycles. The normalized spacial score (nSPS) is 26.0. The number of carbonyl (C=O) groups is 1. The molecule has 1 amide bonds. The van der Waals surface area contributed by atoms with E-state index in [4.69, 9.17) is 4.74 Å². The lowest BCUT2D eigenvalue weighted by Crippen LogP contribution is -2.48. The summed E-state index contributed by atoms with van der Waals surface area (Å²) in [5.41, 5.74) is 0. The van der Waals surface area contributed by atoms with Gasteiger partial charge in [-0.25, -0.2) is 8.42 Å². The first-order valence-corrected chi connectivity index (χ1v) is 8.56. The lowest BCUT2D eigenvalue weighted by molar-refractivity contribution is -0.143. The summed E-state index contributed by atoms with van der Waals surface area (Å²) in [7, 11) is -3.07. The Morgan fingerprint density at radius 2 is 2.06 bits per heavy atom. The fourth-order valence-corrected chi connectivity index (χ4v) is 3.60. The molecule has 1 heterocycles. The Bertz CT molecular complexity index is 410. The Labute approximate surface area is 108 Å². The van der Waals surface area contributed by atoms with E-state index in [0.29, 0.717) is 6.61 Å². The molecule has 0 aromatic carbocycles. The van der Waals surface area contributed by atoms with Crippen LogP contribution in [0.1, 0.15) is 32.6 Å². The third-order valence-corrected chi connectivity index (χ3v) is 4.51. The molecule has 0 radical (unpaired) electrons. The largest absolute Gasteiger partial charge is 0.368 e. The predicted octanol–water partition coefficient (Wildman–Crippen LogP) is 0.589. The quantitative estimate of drug-likeness (QED) is 0.736. The fraction of sp³-hybridized carbons (Fsp3) is 0.917. The number of sulfone groups is 1. The SMILES string of the molecule is CC(CS(C)(=O)=O)N(C(=O)C1CCCO1)C1CC1. The average Bonchev–Trinajstić information content (AvgIpc) is 2.91. The number of nitrogens with zero attached hydrogens (tertiary/aromatic N) is 1. The highest BCUT2D eigenvalue weighted by Crippen LogP contribution is 2.31. The minimum atomic E-state index is -3.07. The number of amides is 1. The van der Waals surface area contributed by atoms with Gasteiger partial charge in [-0.2, -0.15) is 0 Å². The van der Waals surface area contributed by atoms with Crippen molar-refractivity contribution in [2.75, 3.05) is 18.6 Å². The van der Waals surface area contributed by atoms with Crippen molar-refractivity contribution in [1.82, 2.24) is 4.90 Å². The molecular weight excluding hydrogens is 254 g/mol. The minimum absolute atomic E-state index is 0.0221. The molecule has 0 spiro atoms. The van der Waals surface area contributed by atoms with Crippen LogP contribution in [0.5, 0.6) is 0 Å². The highest BCUT2D eigenvalue weighted by atomic mass is 32.2. The Morgan fingerprint density at radius 3 is 2.50 bits per heavy atom. The van der Waals surface area contributed by atoms with Gasteiger partial charge in [0.25, 0.3) is 5.91 Å². The van der Waals surface area contributed by atoms with Gasteiger partial charge in [0.05, 0.1) is 5.75 Å². The molecule has 2 atom stereocenters. The maximum atomic E-state index is 12.4. The predicted molar refractivity (Wildman–Crippen MR) is 68.0 cm³/mol. The smallest absolute Gasteiger partial charge is 0.252 e. The summed E-state index contributed by atoms with van der Waals surface area (Å²) in [6.45, 7) is 2.45. The lowest BCUT2D eigenvalue weighted by atomic mass is 10.2. The zero-order valence-corrected chi connectivity index (χ0v) is 11.8. The molecule has 18 heavy (non-hydrogen) atoms. The van der Waals surface area contributed by atoms with Gasteiger partial charge in [0.1, 0.15) is 15.9 Å². The molecule has 0 N–H and O–H groups in total. The standard InChI is InChI=1S/C12H21NO4S/c1-9(8-18(2,15)16)13(10-5-6-10)12(14)11-4-3-7-17-11/h9-11H,3-8H2,1-2H3. The fourth-order valence-electron chi connectivity index (χ4n) is 2.57. The van der Waals surface area contributed by atoms with Crippen LogP contribution >= 0.6 is 0 Å². The molecule has 0 bridgehead atoms. The molecule has 0 aromatic rings. The van der Waals surface area contributed by atoms with Gasteiger partial charge in [-0.1, -0.05) is 0 Å². The summed E-state index contributed by atoms with van der Waals surface area (Å²) in [6, 6.07) is -0.0392. The topological polar surface area (TPSA) is 63.7 Å². The average molecular weight is 275 g/mol. The van der Waals surface area contributed by atoms with Crippen molar-refractivity contribution in [2.45, 2.75) is 50.8 Å². The zero-order chi connectivity index (χ0) is 13.3. The first-order valence-electron chi connectivity index (χ1n) is 6.50. The minimum Gasteiger partial charge on any atom is -0.368 e. The molecule has 104 valence electrons. The highest BCUT2D eigenvalue weighted by molar-refractivity contribution is 7.90. The third kappa shape index (κ3) is 3.45. The van der Waals surface area contributed by atoms with E-state index in [0.717, 1.165) is 25.7 Å². The van der Waals surface area contributed by atoms with Crippen molar-refractivity contribution in [3.05, 3.63) is 0 Å². The van der Waals surface area contributed by atoms with Gasteiger partial charge < -0.3 is 9.64 Å². The van der Waals surface area contributed by atoms with Gasteiger partial charge in [0.2, 0.25) is 0 Å². The summed E-state index contributed by atoms with van der Waals surface area (Å²) in [5, 5.41) is 0. The van der Waals surface area contributed by atoms with Crippen LogP contribution in [0.4, 0.5) is 0 Å². The molecule has 5 nitrogen and oxygen atoms in total. The number of rotatable bonds is 5. The van der Waals surface area contributed by atoms with Crippen LogP contribution in [0.15, 0.2) is 0 Å². The zero-order valence-electron chi connectivity index (χ0n) is 11.0. The Hall–Kier alpha value is -0.620. The summed E-state index contributed by atoms with van der Waals surface area (Å²) in [6.07, 6.45) is 4.49. The second-order valence-corrected chi connectivity index (χ2v) is 7.60. The molecule has 1 saturated carbocycles. The monoisotopic (exact) mass is 275 g/mol. The molecular formula is C12H21NO4S. The number of ether oxygens (including phenoxy) is 1. The summed E-state index contributed by atoms with van der Waals surface area (Å²) < 4.78 is 28.1. The van der Waals surface area contributed by atoms with Gasteiger partial charge in [-0.3, -0.25) is 4.79 Å². The van der Waals surface area contributed by atoms with Crippen LogP contribution in [-0.4, -0.2) is 56.0 Å². The van der Waals surface area contributed by atoms with Crippen LogP contribution in [-0.2, 0) is 19.4 Å². The summed E-state index contributed by atoms with van der Waals surface area (Å²) in [4.78, 5) is 14.1. The second kappa shape index (κ2) is 5.17. The van der Waals surface area contributed by atoms with Crippen molar-refractivity contribution < 1.29 is 17.9 Å². The van der Waals surface area contributed by atoms with Crippen LogP contribution < -0.4 is 0 Å². The van der Waals surface area contributed by atoms with Crippen LogP contribution in [0.25, 0.3) is 0 Å². The van der Waals surface area contributed by atoms with Gasteiger partial charge in [0, 0.05) is 24.9 Å². The van der Waals surface area contributed by atoms with E-state index in [1.807, 2.05) is 6.92 Å². The van der Waals surface area contributed by atoms with E-state index in [9.17, 15) is 13.2 Å². The van der Waals surface area contributed by atoms with Crippen molar-refractivity contribution in [2.24, 2.45) is 0 Å². The van der Waals surface area contributed by atoms with Gasteiger partial charge in [-0.15, -0.1) is 0 Å². The van der Waals surface area contributed by atoms with Gasteiger partial charge >= 0.3 is 0 Å². The third-order valence-electron chi connectivity index (χ3n) is 3.42. The number of hydrogen-bond donors (Lipinski definition) is 0. The molecule has 6 heteroatoms. The van der Waals surface area contributed by atoms with Crippen LogP contribution in [0, 0.1) is 0 Å². The van der Waals surface area contributed by atoms with Crippen molar-refractivity contribution in [3.63, 3.8) is 0 Å². The first kappa shape index (κ1) is 13.8. The van der Waals surface area contributed by atoms with E-state index in [1.54, 1.807) is 4.90 Å². The Morgan fingerprint density at radius 1 is 1.39 bits per heavy atom. The molecule has 2 rings (SSSR count). The number of hydrogen-bond acceptors (Lipinski definition) is 4. The maximum Gasteiger partial charge on any atom is 0.252 e. The van der Waals surface area contributed by atoms with E-state index < -0.39 is 9.84 Å². The Balaban J connectivity index is 2.05. The maximum absolute atomic E-state index is 12.4. The first-order chi connectivity index (χ1) is 8.38. The van der Waals surface area contributed by atoms with E-state index in [-0.39, 0.29) is 29.8 Å². The summed E-state index contributed by atoms with van der Waals surface area (Å²) >= 11 is 0. The van der Waals surface area contributed by atoms with E-state index >= 15 is 0 Å².